The zero-order valence-corrected chi connectivity index (χ0v) is 19.7. The topological polar surface area (TPSA) is 88.2 Å². The Kier molecular flexibility index (Phi) is 6.85. The van der Waals surface area contributed by atoms with E-state index in [1.807, 2.05) is 73.7 Å². The third-order valence-corrected chi connectivity index (χ3v) is 5.20. The lowest BCUT2D eigenvalue weighted by molar-refractivity contribution is 0.102. The number of carbonyl (C=O) groups excluding carboxylic acids is 1. The van der Waals surface area contributed by atoms with Crippen LogP contribution in [-0.4, -0.2) is 23.0 Å². The van der Waals surface area contributed by atoms with Crippen molar-refractivity contribution in [1.82, 2.24) is 9.97 Å². The summed E-state index contributed by atoms with van der Waals surface area (Å²) in [6, 6.07) is 24.1. The molecule has 0 fully saturated rings. The van der Waals surface area contributed by atoms with E-state index in [-0.39, 0.29) is 5.91 Å². The number of rotatable bonds is 7. The molecule has 1 heterocycles. The number of aromatic nitrogens is 2. The smallest absolute Gasteiger partial charge is 0.255 e. The summed E-state index contributed by atoms with van der Waals surface area (Å²) in [7, 11) is 1.64. The Labute approximate surface area is 200 Å². The molecule has 0 aliphatic heterocycles. The van der Waals surface area contributed by atoms with E-state index in [1.165, 1.54) is 0 Å². The van der Waals surface area contributed by atoms with Crippen LogP contribution in [0.5, 0.6) is 5.75 Å². The molecule has 0 saturated carbocycles. The molecule has 33 heavy (non-hydrogen) atoms. The molecule has 0 unspecified atom stereocenters. The number of benzene rings is 3. The number of nitrogens with one attached hydrogen (secondary N) is 3. The molecule has 7 nitrogen and oxygen atoms in total. The second-order valence-electron chi connectivity index (χ2n) is 7.24. The fraction of sp³-hybridized carbons (Fsp3) is 0.0800. The zero-order valence-electron chi connectivity index (χ0n) is 18.1. The van der Waals surface area contributed by atoms with E-state index in [2.05, 4.69) is 41.8 Å². The molecule has 1 amide bonds. The van der Waals surface area contributed by atoms with Crippen LogP contribution < -0.4 is 20.7 Å². The first-order valence-corrected chi connectivity index (χ1v) is 11.0. The number of halogens is 1. The van der Waals surface area contributed by atoms with Gasteiger partial charge in [-0.25, -0.2) is 4.98 Å². The van der Waals surface area contributed by atoms with Crippen LogP contribution >= 0.6 is 15.9 Å². The lowest BCUT2D eigenvalue weighted by Gasteiger charge is -2.11. The van der Waals surface area contributed by atoms with Crippen LogP contribution in [-0.2, 0) is 0 Å². The summed E-state index contributed by atoms with van der Waals surface area (Å²) in [6.07, 6.45) is 0. The third kappa shape index (κ3) is 6.08. The standard InChI is InChI=1S/C25H22BrN5O2/c1-16-14-23(28-19-10-12-22(33-2)13-11-19)31-25(27-16)30-21-8-6-20(7-9-21)29-24(32)17-4-3-5-18(26)15-17/h3-15H,1-2H3,(H,29,32)(H2,27,28,30,31). The van der Waals surface area contributed by atoms with Crippen LogP contribution in [0.1, 0.15) is 16.1 Å². The predicted molar refractivity (Wildman–Crippen MR) is 135 cm³/mol. The van der Waals surface area contributed by atoms with Gasteiger partial charge in [0.2, 0.25) is 5.95 Å². The molecular formula is C25H22BrN5O2. The van der Waals surface area contributed by atoms with Crippen molar-refractivity contribution >= 4 is 50.7 Å². The number of aryl methyl sites for hydroxylation is 1. The molecule has 3 N–H and O–H groups in total. The summed E-state index contributed by atoms with van der Waals surface area (Å²) in [4.78, 5) is 21.4. The lowest BCUT2D eigenvalue weighted by Crippen LogP contribution is -2.11. The second-order valence-corrected chi connectivity index (χ2v) is 8.15. The van der Waals surface area contributed by atoms with Crippen molar-refractivity contribution in [2.24, 2.45) is 0 Å². The molecule has 166 valence electrons. The van der Waals surface area contributed by atoms with Gasteiger partial charge in [0.1, 0.15) is 11.6 Å². The minimum atomic E-state index is -0.173. The Morgan fingerprint density at radius 2 is 1.52 bits per heavy atom. The number of anilines is 5. The number of nitrogens with zero attached hydrogens (tertiary/aromatic N) is 2. The first-order chi connectivity index (χ1) is 16.0. The Morgan fingerprint density at radius 1 is 0.848 bits per heavy atom. The van der Waals surface area contributed by atoms with Crippen LogP contribution in [0.2, 0.25) is 0 Å². The second kappa shape index (κ2) is 10.1. The number of hydrogen-bond acceptors (Lipinski definition) is 6. The highest BCUT2D eigenvalue weighted by atomic mass is 79.9. The van der Waals surface area contributed by atoms with Crippen LogP contribution in [0, 0.1) is 6.92 Å². The van der Waals surface area contributed by atoms with Gasteiger partial charge in [0.15, 0.2) is 0 Å². The highest BCUT2D eigenvalue weighted by Crippen LogP contribution is 2.22. The van der Waals surface area contributed by atoms with Gasteiger partial charge in [-0.2, -0.15) is 4.98 Å². The van der Waals surface area contributed by atoms with Crippen LogP contribution in [0.25, 0.3) is 0 Å². The maximum absolute atomic E-state index is 12.4. The van der Waals surface area contributed by atoms with Gasteiger partial charge in [0, 0.05) is 38.9 Å². The van der Waals surface area contributed by atoms with E-state index >= 15 is 0 Å². The maximum atomic E-state index is 12.4. The number of methoxy groups -OCH3 is 1. The highest BCUT2D eigenvalue weighted by Gasteiger charge is 2.08. The highest BCUT2D eigenvalue weighted by molar-refractivity contribution is 9.10. The number of amides is 1. The Hall–Kier alpha value is -3.91. The average molecular weight is 504 g/mol. The molecule has 0 saturated heterocycles. The summed E-state index contributed by atoms with van der Waals surface area (Å²) in [5.41, 5.74) is 3.79. The molecule has 0 spiro atoms. The first-order valence-electron chi connectivity index (χ1n) is 10.2. The zero-order chi connectivity index (χ0) is 23.2. The van der Waals surface area contributed by atoms with Crippen LogP contribution in [0.15, 0.2) is 83.3 Å². The van der Waals surface area contributed by atoms with Crippen molar-refractivity contribution in [3.8, 4) is 5.75 Å². The van der Waals surface area contributed by atoms with Gasteiger partial charge in [0.25, 0.3) is 5.91 Å². The number of carbonyl (C=O) groups is 1. The van der Waals surface area contributed by atoms with E-state index in [1.54, 1.807) is 19.2 Å². The molecule has 3 aromatic carbocycles. The van der Waals surface area contributed by atoms with Crippen LogP contribution in [0.3, 0.4) is 0 Å². The molecule has 0 atom stereocenters. The fourth-order valence-corrected chi connectivity index (χ4v) is 3.51. The molecule has 4 rings (SSSR count). The molecule has 0 radical (unpaired) electrons. The molecule has 4 aromatic rings. The van der Waals surface area contributed by atoms with Crippen molar-refractivity contribution < 1.29 is 9.53 Å². The minimum Gasteiger partial charge on any atom is -0.497 e. The quantitative estimate of drug-likeness (QED) is 0.274. The average Bonchev–Trinajstić information content (AvgIpc) is 2.80. The van der Waals surface area contributed by atoms with Crippen molar-refractivity contribution in [1.29, 1.82) is 0 Å². The molecule has 8 heteroatoms. The monoisotopic (exact) mass is 503 g/mol. The molecular weight excluding hydrogens is 482 g/mol. The molecule has 0 aliphatic carbocycles. The van der Waals surface area contributed by atoms with Gasteiger partial charge < -0.3 is 20.7 Å². The fourth-order valence-electron chi connectivity index (χ4n) is 3.11. The molecule has 1 aromatic heterocycles. The molecule has 0 aliphatic rings. The van der Waals surface area contributed by atoms with Gasteiger partial charge >= 0.3 is 0 Å². The van der Waals surface area contributed by atoms with Crippen molar-refractivity contribution in [3.05, 3.63) is 94.6 Å². The Bertz CT molecular complexity index is 1260. The SMILES string of the molecule is COc1ccc(Nc2cc(C)nc(Nc3ccc(NC(=O)c4cccc(Br)c4)cc3)n2)cc1. The van der Waals surface area contributed by atoms with E-state index in [9.17, 15) is 4.79 Å². The van der Waals surface area contributed by atoms with Gasteiger partial charge in [-0.05, 0) is 73.7 Å². The summed E-state index contributed by atoms with van der Waals surface area (Å²) in [6.45, 7) is 1.91. The van der Waals surface area contributed by atoms with E-state index in [4.69, 9.17) is 4.74 Å². The third-order valence-electron chi connectivity index (χ3n) is 4.70. The van der Waals surface area contributed by atoms with Crippen LogP contribution in [0.4, 0.5) is 28.8 Å². The van der Waals surface area contributed by atoms with Gasteiger partial charge in [-0.15, -0.1) is 0 Å². The predicted octanol–water partition coefficient (Wildman–Crippen LogP) is 6.30. The van der Waals surface area contributed by atoms with E-state index in [0.717, 1.165) is 27.3 Å². The van der Waals surface area contributed by atoms with Gasteiger partial charge in [-0.1, -0.05) is 22.0 Å². The van der Waals surface area contributed by atoms with E-state index < -0.39 is 0 Å². The van der Waals surface area contributed by atoms with Crippen molar-refractivity contribution in [2.45, 2.75) is 6.92 Å². The largest absolute Gasteiger partial charge is 0.497 e. The maximum Gasteiger partial charge on any atom is 0.255 e. The number of hydrogen-bond donors (Lipinski definition) is 3. The van der Waals surface area contributed by atoms with Crippen molar-refractivity contribution in [2.75, 3.05) is 23.1 Å². The lowest BCUT2D eigenvalue weighted by atomic mass is 10.2. The normalized spacial score (nSPS) is 10.4. The van der Waals surface area contributed by atoms with E-state index in [0.29, 0.717) is 23.0 Å². The minimum absolute atomic E-state index is 0.173. The number of ether oxygens (including phenoxy) is 1. The summed E-state index contributed by atoms with van der Waals surface area (Å²) in [5.74, 6) is 1.76. The Morgan fingerprint density at radius 3 is 2.21 bits per heavy atom. The first kappa shape index (κ1) is 22.3. The molecule has 0 bridgehead atoms. The van der Waals surface area contributed by atoms with Crippen molar-refractivity contribution in [3.63, 3.8) is 0 Å². The summed E-state index contributed by atoms with van der Waals surface area (Å²) < 4.78 is 6.05. The van der Waals surface area contributed by atoms with Gasteiger partial charge in [-0.3, -0.25) is 4.79 Å². The summed E-state index contributed by atoms with van der Waals surface area (Å²) in [5, 5.41) is 9.38. The Balaban J connectivity index is 1.42. The van der Waals surface area contributed by atoms with Gasteiger partial charge in [0.05, 0.1) is 7.11 Å². The summed E-state index contributed by atoms with van der Waals surface area (Å²) >= 11 is 3.38.